The van der Waals surface area contributed by atoms with E-state index in [1.165, 1.54) is 0 Å². The summed E-state index contributed by atoms with van der Waals surface area (Å²) in [6.45, 7) is 9.33. The molecule has 1 fully saturated rings. The third-order valence-corrected chi connectivity index (χ3v) is 5.44. The van der Waals surface area contributed by atoms with Crippen molar-refractivity contribution in [1.29, 1.82) is 0 Å². The largest absolute Gasteiger partial charge is 0.493 e. The lowest BCUT2D eigenvalue weighted by molar-refractivity contribution is -0.140. The quantitative estimate of drug-likeness (QED) is 0.628. The third-order valence-electron chi connectivity index (χ3n) is 5.20. The first-order valence-electron chi connectivity index (χ1n) is 9.91. The number of halogens is 1. The van der Waals surface area contributed by atoms with E-state index in [0.29, 0.717) is 37.6 Å². The van der Waals surface area contributed by atoms with Crippen molar-refractivity contribution in [1.82, 2.24) is 9.80 Å². The van der Waals surface area contributed by atoms with Gasteiger partial charge >= 0.3 is 0 Å². The summed E-state index contributed by atoms with van der Waals surface area (Å²) in [4.78, 5) is 28.6. The molecule has 2 rings (SSSR count). The van der Waals surface area contributed by atoms with Crippen LogP contribution < -0.4 is 4.74 Å². The second-order valence-electron chi connectivity index (χ2n) is 7.03. The molecule has 1 heterocycles. The van der Waals surface area contributed by atoms with Gasteiger partial charge in [0.2, 0.25) is 11.8 Å². The molecule has 5 nitrogen and oxygen atoms in total. The number of piperidine rings is 1. The lowest BCUT2D eigenvalue weighted by Crippen LogP contribution is -2.44. The van der Waals surface area contributed by atoms with Crippen LogP contribution in [0.25, 0.3) is 0 Å². The monoisotopic (exact) mass is 394 g/mol. The molecule has 0 atom stereocenters. The van der Waals surface area contributed by atoms with Crippen LogP contribution in [0.3, 0.4) is 0 Å². The van der Waals surface area contributed by atoms with Crippen LogP contribution in [-0.2, 0) is 9.59 Å². The van der Waals surface area contributed by atoms with Gasteiger partial charge in [0.25, 0.3) is 0 Å². The highest BCUT2D eigenvalue weighted by Crippen LogP contribution is 2.23. The van der Waals surface area contributed by atoms with Gasteiger partial charge in [0, 0.05) is 43.5 Å². The van der Waals surface area contributed by atoms with Crippen LogP contribution in [0.15, 0.2) is 18.2 Å². The average molecular weight is 395 g/mol. The number of hydrogen-bond acceptors (Lipinski definition) is 3. The molecule has 0 radical (unpaired) electrons. The zero-order valence-electron chi connectivity index (χ0n) is 16.7. The van der Waals surface area contributed by atoms with Gasteiger partial charge in [-0.05, 0) is 63.8 Å². The first kappa shape index (κ1) is 21.5. The van der Waals surface area contributed by atoms with Gasteiger partial charge in [0.05, 0.1) is 6.61 Å². The number of likely N-dealkylation sites (tertiary alicyclic amines) is 1. The van der Waals surface area contributed by atoms with E-state index in [0.717, 1.165) is 37.2 Å². The molecule has 0 bridgehead atoms. The number of benzene rings is 1. The number of amides is 2. The summed E-state index contributed by atoms with van der Waals surface area (Å²) in [5.74, 6) is 1.26. The van der Waals surface area contributed by atoms with Gasteiger partial charge < -0.3 is 14.5 Å². The minimum Gasteiger partial charge on any atom is -0.493 e. The van der Waals surface area contributed by atoms with Crippen LogP contribution in [-0.4, -0.2) is 54.4 Å². The highest BCUT2D eigenvalue weighted by molar-refractivity contribution is 6.30. The molecule has 0 aliphatic carbocycles. The highest BCUT2D eigenvalue weighted by Gasteiger charge is 2.29. The topological polar surface area (TPSA) is 49.9 Å². The zero-order chi connectivity index (χ0) is 19.8. The lowest BCUT2D eigenvalue weighted by Gasteiger charge is -2.33. The Labute approximate surface area is 167 Å². The molecule has 0 spiro atoms. The Kier molecular flexibility index (Phi) is 8.42. The molecule has 1 aliphatic rings. The van der Waals surface area contributed by atoms with Crippen molar-refractivity contribution in [2.24, 2.45) is 5.92 Å². The summed E-state index contributed by atoms with van der Waals surface area (Å²) < 4.78 is 5.75. The van der Waals surface area contributed by atoms with Gasteiger partial charge in [-0.3, -0.25) is 9.59 Å². The average Bonchev–Trinajstić information content (AvgIpc) is 2.67. The van der Waals surface area contributed by atoms with E-state index < -0.39 is 0 Å². The number of rotatable bonds is 8. The fraction of sp³-hybridized carbons (Fsp3) is 0.619. The fourth-order valence-electron chi connectivity index (χ4n) is 3.51. The molecule has 0 N–H and O–H groups in total. The standard InChI is InChI=1S/C21H31ClN2O3/c1-4-23(5-2)21(26)17-10-12-24(13-11-17)20(25)7-6-14-27-19-9-8-18(22)15-16(19)3/h8-9,15,17H,4-7,10-14H2,1-3H3. The molecule has 27 heavy (non-hydrogen) atoms. The normalized spacial score (nSPS) is 14.9. The Morgan fingerprint density at radius 2 is 1.89 bits per heavy atom. The number of aryl methyl sites for hydroxylation is 1. The maximum atomic E-state index is 12.4. The molecule has 0 unspecified atom stereocenters. The van der Waals surface area contributed by atoms with Crippen LogP contribution in [0.5, 0.6) is 5.75 Å². The van der Waals surface area contributed by atoms with Crippen LogP contribution in [0, 0.1) is 12.8 Å². The first-order valence-corrected chi connectivity index (χ1v) is 10.3. The van der Waals surface area contributed by atoms with E-state index in [1.54, 1.807) is 6.07 Å². The third kappa shape index (κ3) is 6.13. The summed E-state index contributed by atoms with van der Waals surface area (Å²) in [7, 11) is 0. The van der Waals surface area contributed by atoms with Crippen LogP contribution in [0.2, 0.25) is 5.02 Å². The number of ether oxygens (including phenoxy) is 1. The molecule has 1 aromatic carbocycles. The highest BCUT2D eigenvalue weighted by atomic mass is 35.5. The zero-order valence-corrected chi connectivity index (χ0v) is 17.4. The Bertz CT molecular complexity index is 638. The number of carbonyl (C=O) groups excluding carboxylic acids is 2. The van der Waals surface area contributed by atoms with Gasteiger partial charge in [-0.1, -0.05) is 11.6 Å². The van der Waals surface area contributed by atoms with E-state index in [9.17, 15) is 9.59 Å². The van der Waals surface area contributed by atoms with Gasteiger partial charge in [-0.2, -0.15) is 0 Å². The van der Waals surface area contributed by atoms with Crippen molar-refractivity contribution in [3.63, 3.8) is 0 Å². The van der Waals surface area contributed by atoms with Gasteiger partial charge in [0.15, 0.2) is 0 Å². The Morgan fingerprint density at radius 1 is 1.22 bits per heavy atom. The van der Waals surface area contributed by atoms with Crippen molar-refractivity contribution in [2.45, 2.75) is 46.5 Å². The summed E-state index contributed by atoms with van der Waals surface area (Å²) in [5.41, 5.74) is 0.994. The summed E-state index contributed by atoms with van der Waals surface area (Å²) >= 11 is 5.94. The lowest BCUT2D eigenvalue weighted by atomic mass is 9.95. The van der Waals surface area contributed by atoms with E-state index in [-0.39, 0.29) is 17.7 Å². The summed E-state index contributed by atoms with van der Waals surface area (Å²) in [6.07, 6.45) is 2.68. The smallest absolute Gasteiger partial charge is 0.225 e. The molecule has 1 aliphatic heterocycles. The van der Waals surface area contributed by atoms with Crippen molar-refractivity contribution in [2.75, 3.05) is 32.8 Å². The second-order valence-corrected chi connectivity index (χ2v) is 7.46. The maximum absolute atomic E-state index is 12.4. The van der Waals surface area contributed by atoms with E-state index in [4.69, 9.17) is 16.3 Å². The van der Waals surface area contributed by atoms with E-state index in [1.807, 2.05) is 42.7 Å². The molecule has 1 aromatic rings. The predicted molar refractivity (Wildman–Crippen MR) is 108 cm³/mol. The number of carbonyl (C=O) groups is 2. The van der Waals surface area contributed by atoms with Crippen LogP contribution in [0.1, 0.15) is 45.1 Å². The molecule has 1 saturated heterocycles. The first-order chi connectivity index (χ1) is 13.0. The van der Waals surface area contributed by atoms with Crippen molar-refractivity contribution in [3.8, 4) is 5.75 Å². The molecule has 150 valence electrons. The summed E-state index contributed by atoms with van der Waals surface area (Å²) in [5, 5.41) is 0.693. The molecule has 2 amide bonds. The van der Waals surface area contributed by atoms with Gasteiger partial charge in [-0.25, -0.2) is 0 Å². The number of hydrogen-bond donors (Lipinski definition) is 0. The van der Waals surface area contributed by atoms with Crippen molar-refractivity contribution in [3.05, 3.63) is 28.8 Å². The Morgan fingerprint density at radius 3 is 2.48 bits per heavy atom. The van der Waals surface area contributed by atoms with Crippen LogP contribution in [0.4, 0.5) is 0 Å². The number of nitrogens with zero attached hydrogens (tertiary/aromatic N) is 2. The fourth-order valence-corrected chi connectivity index (χ4v) is 3.73. The molecular formula is C21H31ClN2O3. The maximum Gasteiger partial charge on any atom is 0.225 e. The van der Waals surface area contributed by atoms with Crippen molar-refractivity contribution >= 4 is 23.4 Å². The molecule has 6 heteroatoms. The van der Waals surface area contributed by atoms with E-state index in [2.05, 4.69) is 0 Å². The van der Waals surface area contributed by atoms with Crippen molar-refractivity contribution < 1.29 is 14.3 Å². The Hall–Kier alpha value is -1.75. The van der Waals surface area contributed by atoms with Gasteiger partial charge in [0.1, 0.15) is 5.75 Å². The predicted octanol–water partition coefficient (Wildman–Crippen LogP) is 3.91. The summed E-state index contributed by atoms with van der Waals surface area (Å²) in [6, 6.07) is 5.53. The molecule has 0 aromatic heterocycles. The van der Waals surface area contributed by atoms with Gasteiger partial charge in [-0.15, -0.1) is 0 Å². The molecule has 0 saturated carbocycles. The minimum absolute atomic E-state index is 0.0603. The van der Waals surface area contributed by atoms with E-state index >= 15 is 0 Å². The second kappa shape index (κ2) is 10.5. The SMILES string of the molecule is CCN(CC)C(=O)C1CCN(C(=O)CCCOc2ccc(Cl)cc2C)CC1. The minimum atomic E-state index is 0.0603. The molecular weight excluding hydrogens is 364 g/mol. The Balaban J connectivity index is 1.69. The van der Waals surface area contributed by atoms with Crippen LogP contribution >= 0.6 is 11.6 Å².